The molecule has 0 unspecified atom stereocenters. The standard InChI is InChI=1S/C19H32O2/c1-2-3-4-5-6-7-8-12-15-20-16-17-21-18-19-13-10-9-11-14-19/h9-11,13-14H,2-8,12,15-18H2,1H3. The van der Waals surface area contributed by atoms with E-state index in [1.54, 1.807) is 0 Å². The van der Waals surface area contributed by atoms with E-state index in [2.05, 4.69) is 19.1 Å². The van der Waals surface area contributed by atoms with E-state index in [-0.39, 0.29) is 0 Å². The van der Waals surface area contributed by atoms with Crippen molar-refractivity contribution < 1.29 is 9.47 Å². The van der Waals surface area contributed by atoms with Crippen LogP contribution >= 0.6 is 0 Å². The van der Waals surface area contributed by atoms with Crippen LogP contribution in [0.1, 0.15) is 63.9 Å². The van der Waals surface area contributed by atoms with Gasteiger partial charge in [-0.05, 0) is 12.0 Å². The van der Waals surface area contributed by atoms with Crippen LogP contribution in [-0.2, 0) is 16.1 Å². The van der Waals surface area contributed by atoms with Gasteiger partial charge in [-0.15, -0.1) is 0 Å². The topological polar surface area (TPSA) is 18.5 Å². The van der Waals surface area contributed by atoms with E-state index < -0.39 is 0 Å². The minimum atomic E-state index is 0.682. The molecule has 1 aromatic carbocycles. The predicted molar refractivity (Wildman–Crippen MR) is 89.5 cm³/mol. The van der Waals surface area contributed by atoms with Crippen LogP contribution < -0.4 is 0 Å². The van der Waals surface area contributed by atoms with Gasteiger partial charge in [0.1, 0.15) is 0 Å². The second kappa shape index (κ2) is 14.1. The minimum absolute atomic E-state index is 0.682. The van der Waals surface area contributed by atoms with Crippen LogP contribution in [0.2, 0.25) is 0 Å². The molecular formula is C19H32O2. The van der Waals surface area contributed by atoms with Gasteiger partial charge in [-0.25, -0.2) is 0 Å². The fourth-order valence-corrected chi connectivity index (χ4v) is 2.32. The highest BCUT2D eigenvalue weighted by atomic mass is 16.5. The summed E-state index contributed by atoms with van der Waals surface area (Å²) in [5.41, 5.74) is 1.22. The second-order valence-electron chi connectivity index (χ2n) is 5.63. The maximum Gasteiger partial charge on any atom is 0.0718 e. The number of ether oxygens (including phenoxy) is 2. The van der Waals surface area contributed by atoms with E-state index in [0.717, 1.165) is 6.61 Å². The first-order valence-electron chi connectivity index (χ1n) is 8.63. The van der Waals surface area contributed by atoms with Gasteiger partial charge in [-0.1, -0.05) is 82.2 Å². The van der Waals surface area contributed by atoms with Crippen molar-refractivity contribution in [3.63, 3.8) is 0 Å². The molecule has 0 aromatic heterocycles. The summed E-state index contributed by atoms with van der Waals surface area (Å²) in [5, 5.41) is 0. The van der Waals surface area contributed by atoms with E-state index in [4.69, 9.17) is 9.47 Å². The van der Waals surface area contributed by atoms with Gasteiger partial charge in [0.2, 0.25) is 0 Å². The molecule has 120 valence electrons. The molecule has 0 fully saturated rings. The quantitative estimate of drug-likeness (QED) is 0.430. The third-order valence-electron chi connectivity index (χ3n) is 3.63. The number of hydrogen-bond donors (Lipinski definition) is 0. The largest absolute Gasteiger partial charge is 0.379 e. The molecule has 0 saturated heterocycles. The fraction of sp³-hybridized carbons (Fsp3) is 0.684. The van der Waals surface area contributed by atoms with Crippen molar-refractivity contribution in [2.45, 2.75) is 64.9 Å². The minimum Gasteiger partial charge on any atom is -0.379 e. The maximum atomic E-state index is 5.59. The van der Waals surface area contributed by atoms with E-state index in [9.17, 15) is 0 Å². The van der Waals surface area contributed by atoms with Gasteiger partial charge < -0.3 is 9.47 Å². The Morgan fingerprint density at radius 1 is 0.667 bits per heavy atom. The van der Waals surface area contributed by atoms with E-state index >= 15 is 0 Å². The molecule has 2 heteroatoms. The summed E-state index contributed by atoms with van der Waals surface area (Å²) in [6, 6.07) is 10.3. The average Bonchev–Trinajstić information content (AvgIpc) is 2.53. The lowest BCUT2D eigenvalue weighted by Crippen LogP contribution is -2.05. The number of rotatable bonds is 14. The van der Waals surface area contributed by atoms with Crippen LogP contribution in [0.4, 0.5) is 0 Å². The number of unbranched alkanes of at least 4 members (excludes halogenated alkanes) is 7. The number of hydrogen-bond acceptors (Lipinski definition) is 2. The zero-order valence-electron chi connectivity index (χ0n) is 13.7. The van der Waals surface area contributed by atoms with Crippen molar-refractivity contribution in [1.82, 2.24) is 0 Å². The molecule has 1 rings (SSSR count). The Balaban J connectivity index is 1.75. The summed E-state index contributed by atoms with van der Waals surface area (Å²) in [4.78, 5) is 0. The summed E-state index contributed by atoms with van der Waals surface area (Å²) >= 11 is 0. The molecule has 0 N–H and O–H groups in total. The lowest BCUT2D eigenvalue weighted by molar-refractivity contribution is 0.0392. The molecular weight excluding hydrogens is 260 g/mol. The summed E-state index contributed by atoms with van der Waals surface area (Å²) in [6.45, 7) is 5.22. The zero-order chi connectivity index (χ0) is 15.0. The summed E-state index contributed by atoms with van der Waals surface area (Å²) in [5.74, 6) is 0. The fourth-order valence-electron chi connectivity index (χ4n) is 2.32. The molecule has 2 nitrogen and oxygen atoms in total. The van der Waals surface area contributed by atoms with Gasteiger partial charge >= 0.3 is 0 Å². The molecule has 21 heavy (non-hydrogen) atoms. The molecule has 0 spiro atoms. The molecule has 0 radical (unpaired) electrons. The lowest BCUT2D eigenvalue weighted by atomic mass is 10.1. The third kappa shape index (κ3) is 11.5. The highest BCUT2D eigenvalue weighted by Crippen LogP contribution is 2.08. The van der Waals surface area contributed by atoms with Crippen molar-refractivity contribution in [1.29, 1.82) is 0 Å². The zero-order valence-corrected chi connectivity index (χ0v) is 13.7. The normalized spacial score (nSPS) is 10.9. The van der Waals surface area contributed by atoms with Crippen molar-refractivity contribution in [3.8, 4) is 0 Å². The van der Waals surface area contributed by atoms with Crippen molar-refractivity contribution in [2.24, 2.45) is 0 Å². The molecule has 0 aliphatic rings. The average molecular weight is 292 g/mol. The first-order chi connectivity index (χ1) is 10.4. The summed E-state index contributed by atoms with van der Waals surface area (Å²) in [7, 11) is 0. The summed E-state index contributed by atoms with van der Waals surface area (Å²) < 4.78 is 11.2. The van der Waals surface area contributed by atoms with Crippen molar-refractivity contribution >= 4 is 0 Å². The smallest absolute Gasteiger partial charge is 0.0718 e. The Bertz CT molecular complexity index is 311. The van der Waals surface area contributed by atoms with Crippen LogP contribution in [0, 0.1) is 0 Å². The van der Waals surface area contributed by atoms with Gasteiger partial charge in [0, 0.05) is 6.61 Å². The highest BCUT2D eigenvalue weighted by molar-refractivity contribution is 5.13. The second-order valence-corrected chi connectivity index (χ2v) is 5.63. The van der Waals surface area contributed by atoms with Crippen molar-refractivity contribution in [3.05, 3.63) is 35.9 Å². The van der Waals surface area contributed by atoms with Crippen LogP contribution in [0.15, 0.2) is 30.3 Å². The van der Waals surface area contributed by atoms with Gasteiger partial charge in [0.15, 0.2) is 0 Å². The molecule has 0 amide bonds. The maximum absolute atomic E-state index is 5.59. The Morgan fingerprint density at radius 2 is 1.29 bits per heavy atom. The third-order valence-corrected chi connectivity index (χ3v) is 3.63. The van der Waals surface area contributed by atoms with Crippen LogP contribution in [0.5, 0.6) is 0 Å². The lowest BCUT2D eigenvalue weighted by Gasteiger charge is -2.06. The molecule has 1 aromatic rings. The van der Waals surface area contributed by atoms with E-state index in [1.807, 2.05) is 18.2 Å². The SMILES string of the molecule is CCCCCCCCCCOCCOCc1ccccc1. The Labute approximate surface area is 130 Å². The van der Waals surface area contributed by atoms with E-state index in [1.165, 1.54) is 56.9 Å². The molecule has 0 atom stereocenters. The molecule has 0 aliphatic heterocycles. The van der Waals surface area contributed by atoms with E-state index in [0.29, 0.717) is 19.8 Å². The Morgan fingerprint density at radius 3 is 2.00 bits per heavy atom. The molecule has 0 heterocycles. The molecule has 0 saturated carbocycles. The van der Waals surface area contributed by atoms with Gasteiger partial charge in [-0.3, -0.25) is 0 Å². The van der Waals surface area contributed by atoms with Gasteiger partial charge in [0.25, 0.3) is 0 Å². The monoisotopic (exact) mass is 292 g/mol. The first kappa shape index (κ1) is 18.2. The molecule has 0 bridgehead atoms. The van der Waals surface area contributed by atoms with Crippen LogP contribution in [0.25, 0.3) is 0 Å². The molecule has 0 aliphatic carbocycles. The number of benzene rings is 1. The van der Waals surface area contributed by atoms with Crippen molar-refractivity contribution in [2.75, 3.05) is 19.8 Å². The highest BCUT2D eigenvalue weighted by Gasteiger charge is 1.94. The van der Waals surface area contributed by atoms with Gasteiger partial charge in [-0.2, -0.15) is 0 Å². The Kier molecular flexibility index (Phi) is 12.2. The van der Waals surface area contributed by atoms with Gasteiger partial charge in [0.05, 0.1) is 19.8 Å². The Hall–Kier alpha value is -0.860. The first-order valence-corrected chi connectivity index (χ1v) is 8.63. The van der Waals surface area contributed by atoms with Crippen LogP contribution in [-0.4, -0.2) is 19.8 Å². The predicted octanol–water partition coefficient (Wildman–Crippen LogP) is 5.36. The summed E-state index contributed by atoms with van der Waals surface area (Å²) in [6.07, 6.45) is 10.8. The van der Waals surface area contributed by atoms with Crippen LogP contribution in [0.3, 0.4) is 0 Å².